The van der Waals surface area contributed by atoms with Crippen LogP contribution < -0.4 is 34.0 Å². The van der Waals surface area contributed by atoms with Crippen LogP contribution in [0.15, 0.2) is 18.7 Å². The van der Waals surface area contributed by atoms with E-state index in [2.05, 4.69) is 34.8 Å². The Hall–Kier alpha value is 0.603. The Labute approximate surface area is 110 Å². The molecule has 0 bridgehead atoms. The largest absolute Gasteiger partial charge is 1.00 e. The van der Waals surface area contributed by atoms with Crippen LogP contribution in [0.3, 0.4) is 0 Å². The molecule has 0 aromatic carbocycles. The zero-order chi connectivity index (χ0) is 7.40. The first-order chi connectivity index (χ1) is 4.83. The zero-order valence-corrected chi connectivity index (χ0v) is 13.5. The van der Waals surface area contributed by atoms with Crippen LogP contribution in [-0.2, 0) is 33.1 Å². The molecule has 5 heteroatoms. The fraction of sp³-hybridized carbons (Fsp3) is 0.625. The summed E-state index contributed by atoms with van der Waals surface area (Å²) in [7, 11) is 2.04. The Morgan fingerprint density at radius 3 is 2.38 bits per heavy atom. The van der Waals surface area contributed by atoms with E-state index < -0.39 is 0 Å². The number of nitrogens with zero attached hydrogens (tertiary/aromatic N) is 2. The molecule has 1 heterocycles. The molecule has 13 heavy (non-hydrogen) atoms. The monoisotopic (exact) mass is 317 g/mol. The predicted molar refractivity (Wildman–Crippen MR) is 40.5 cm³/mol. The van der Waals surface area contributed by atoms with Gasteiger partial charge in [-0.2, -0.15) is 0 Å². The minimum Gasteiger partial charge on any atom is -1.00 e. The summed E-state index contributed by atoms with van der Waals surface area (Å²) in [6.07, 6.45) is 8.82. The number of rotatable bonds is 3. The summed E-state index contributed by atoms with van der Waals surface area (Å²) in [5.41, 5.74) is 0. The molecular formula is C8H15BrClN2Zn. The summed E-state index contributed by atoms with van der Waals surface area (Å²) in [5, 5.41) is 0. The molecule has 73 valence electrons. The van der Waals surface area contributed by atoms with Crippen molar-refractivity contribution in [3.63, 3.8) is 0 Å². The zero-order valence-electron chi connectivity index (χ0n) is 8.21. The minimum absolute atomic E-state index is 0. The van der Waals surface area contributed by atoms with Crippen molar-refractivity contribution in [1.82, 2.24) is 4.57 Å². The quantitative estimate of drug-likeness (QED) is 0.390. The van der Waals surface area contributed by atoms with Crippen LogP contribution in [0.2, 0.25) is 0 Å². The van der Waals surface area contributed by atoms with Gasteiger partial charge in [-0.15, -0.1) is 0 Å². The van der Waals surface area contributed by atoms with Gasteiger partial charge in [0.2, 0.25) is 6.33 Å². The third kappa shape index (κ3) is 7.66. The summed E-state index contributed by atoms with van der Waals surface area (Å²) < 4.78 is 4.28. The molecule has 0 N–H and O–H groups in total. The fourth-order valence-corrected chi connectivity index (χ4v) is 0.975. The Kier molecular flexibility index (Phi) is 15.8. The smallest absolute Gasteiger partial charge is 1.00 e. The molecule has 1 rings (SSSR count). The van der Waals surface area contributed by atoms with Gasteiger partial charge in [0.05, 0.1) is 13.6 Å². The Morgan fingerprint density at radius 1 is 1.38 bits per heavy atom. The van der Waals surface area contributed by atoms with E-state index in [4.69, 9.17) is 0 Å². The van der Waals surface area contributed by atoms with Crippen molar-refractivity contribution in [3.05, 3.63) is 18.7 Å². The SMILES string of the molecule is CCCC[n+]1ccn(C)c1.[Br-].[Cl-].[Zn+]. The molecule has 0 aliphatic carbocycles. The second kappa shape index (κ2) is 10.7. The van der Waals surface area contributed by atoms with E-state index in [0.717, 1.165) is 6.54 Å². The van der Waals surface area contributed by atoms with Crippen molar-refractivity contribution in [2.24, 2.45) is 7.05 Å². The molecule has 0 unspecified atom stereocenters. The molecule has 0 aliphatic rings. The van der Waals surface area contributed by atoms with Crippen molar-refractivity contribution in [1.29, 1.82) is 0 Å². The number of hydrogen-bond donors (Lipinski definition) is 0. The van der Waals surface area contributed by atoms with E-state index in [1.165, 1.54) is 12.8 Å². The average molecular weight is 320 g/mol. The van der Waals surface area contributed by atoms with Crippen molar-refractivity contribution < 1.29 is 53.4 Å². The first-order valence-electron chi connectivity index (χ1n) is 3.84. The third-order valence-electron chi connectivity index (χ3n) is 1.59. The van der Waals surface area contributed by atoms with Crippen LogP contribution in [0, 0.1) is 0 Å². The number of aromatic nitrogens is 2. The van der Waals surface area contributed by atoms with Gasteiger partial charge in [-0.1, -0.05) is 13.3 Å². The average Bonchev–Trinajstić information content (AvgIpc) is 2.31. The molecule has 0 fully saturated rings. The molecule has 0 aliphatic heterocycles. The maximum absolute atomic E-state index is 2.21. The number of imidazole rings is 1. The number of unbranched alkanes of at least 4 members (excludes halogenated alkanes) is 1. The van der Waals surface area contributed by atoms with Gasteiger partial charge < -0.3 is 29.4 Å². The van der Waals surface area contributed by atoms with E-state index in [1.54, 1.807) is 0 Å². The van der Waals surface area contributed by atoms with Crippen molar-refractivity contribution in [2.45, 2.75) is 26.3 Å². The summed E-state index contributed by atoms with van der Waals surface area (Å²) in [6, 6.07) is 0. The molecule has 0 amide bonds. The second-order valence-electron chi connectivity index (χ2n) is 2.67. The number of halogens is 2. The molecule has 1 aromatic heterocycles. The summed E-state index contributed by atoms with van der Waals surface area (Å²) in [6.45, 7) is 3.36. The van der Waals surface area contributed by atoms with Crippen molar-refractivity contribution in [3.8, 4) is 0 Å². The van der Waals surface area contributed by atoms with Gasteiger partial charge in [0.15, 0.2) is 0 Å². The van der Waals surface area contributed by atoms with Gasteiger partial charge in [-0.3, -0.25) is 0 Å². The van der Waals surface area contributed by atoms with Gasteiger partial charge in [-0.25, -0.2) is 9.13 Å². The topological polar surface area (TPSA) is 8.81 Å². The fourth-order valence-electron chi connectivity index (χ4n) is 0.975. The van der Waals surface area contributed by atoms with Gasteiger partial charge in [0.1, 0.15) is 12.4 Å². The normalized spacial score (nSPS) is 7.85. The second-order valence-corrected chi connectivity index (χ2v) is 2.67. The molecule has 1 aromatic rings. The summed E-state index contributed by atoms with van der Waals surface area (Å²) in [5.74, 6) is 0. The Bertz CT molecular complexity index is 206. The molecule has 0 saturated heterocycles. The van der Waals surface area contributed by atoms with Gasteiger partial charge in [0, 0.05) is 0 Å². The van der Waals surface area contributed by atoms with E-state index >= 15 is 0 Å². The van der Waals surface area contributed by atoms with Crippen LogP contribution in [0.4, 0.5) is 0 Å². The third-order valence-corrected chi connectivity index (χ3v) is 1.59. The molecule has 1 radical (unpaired) electrons. The van der Waals surface area contributed by atoms with E-state index in [0.29, 0.717) is 0 Å². The number of hydrogen-bond acceptors (Lipinski definition) is 0. The van der Waals surface area contributed by atoms with E-state index in [1.807, 2.05) is 7.05 Å². The minimum atomic E-state index is 0. The number of aryl methyl sites for hydroxylation is 2. The van der Waals surface area contributed by atoms with Crippen LogP contribution in [0.25, 0.3) is 0 Å². The van der Waals surface area contributed by atoms with Crippen LogP contribution in [-0.4, -0.2) is 4.57 Å². The van der Waals surface area contributed by atoms with Crippen molar-refractivity contribution in [2.75, 3.05) is 0 Å². The first-order valence-corrected chi connectivity index (χ1v) is 3.84. The van der Waals surface area contributed by atoms with E-state index in [9.17, 15) is 0 Å². The van der Waals surface area contributed by atoms with E-state index in [-0.39, 0.29) is 48.9 Å². The van der Waals surface area contributed by atoms with Crippen molar-refractivity contribution >= 4 is 0 Å². The molecule has 0 spiro atoms. The van der Waals surface area contributed by atoms with Gasteiger partial charge in [-0.05, 0) is 6.42 Å². The first kappa shape index (κ1) is 19.2. The summed E-state index contributed by atoms with van der Waals surface area (Å²) >= 11 is 0. The maximum atomic E-state index is 2.21. The van der Waals surface area contributed by atoms with Crippen LogP contribution in [0.1, 0.15) is 19.8 Å². The molecule has 2 nitrogen and oxygen atoms in total. The van der Waals surface area contributed by atoms with Gasteiger partial charge >= 0.3 is 19.5 Å². The molecule has 0 atom stereocenters. The Balaban J connectivity index is -0.000000333. The standard InChI is InChI=1S/C8H15N2.BrH.ClH.Zn/c1-3-4-5-10-7-6-9(2)8-10;;;/h6-8H,3-5H2,1-2H3;2*1H;/q+1;;;+1/p-2. The van der Waals surface area contributed by atoms with Crippen LogP contribution >= 0.6 is 0 Å². The van der Waals surface area contributed by atoms with Gasteiger partial charge in [0.25, 0.3) is 0 Å². The predicted octanol–water partition coefficient (Wildman–Crippen LogP) is -4.88. The maximum Gasteiger partial charge on any atom is 1.00 e. The summed E-state index contributed by atoms with van der Waals surface area (Å²) in [4.78, 5) is 0. The Morgan fingerprint density at radius 2 is 2.00 bits per heavy atom. The molecular weight excluding hydrogens is 305 g/mol. The van der Waals surface area contributed by atoms with Crippen LogP contribution in [0.5, 0.6) is 0 Å². The molecule has 0 saturated carbocycles.